The molecular weight excluding hydrogens is 255 g/mol. The third-order valence-electron chi connectivity index (χ3n) is 3.39. The average molecular weight is 269 g/mol. The van der Waals surface area contributed by atoms with Crippen LogP contribution >= 0.6 is 23.2 Å². The number of rotatable bonds is 2. The highest BCUT2D eigenvalue weighted by molar-refractivity contribution is 6.36. The molecule has 0 saturated heterocycles. The Morgan fingerprint density at radius 2 is 2.06 bits per heavy atom. The van der Waals surface area contributed by atoms with Crippen LogP contribution in [0.1, 0.15) is 49.7 Å². The van der Waals surface area contributed by atoms with Crippen molar-refractivity contribution >= 4 is 34.1 Å². The van der Waals surface area contributed by atoms with Gasteiger partial charge < -0.3 is 0 Å². The van der Waals surface area contributed by atoms with Crippen molar-refractivity contribution in [3.05, 3.63) is 27.4 Å². The molecule has 1 heterocycles. The third-order valence-corrected chi connectivity index (χ3v) is 3.98. The highest BCUT2D eigenvalue weighted by Crippen LogP contribution is 2.49. The van der Waals surface area contributed by atoms with E-state index >= 15 is 0 Å². The van der Waals surface area contributed by atoms with Crippen molar-refractivity contribution in [3.63, 3.8) is 0 Å². The van der Waals surface area contributed by atoms with Crippen LogP contribution in [0.15, 0.2) is 6.07 Å². The molecule has 1 N–H and O–H groups in total. The van der Waals surface area contributed by atoms with Crippen molar-refractivity contribution in [2.24, 2.45) is 0 Å². The zero-order chi connectivity index (χ0) is 12.2. The van der Waals surface area contributed by atoms with Crippen molar-refractivity contribution in [2.75, 3.05) is 0 Å². The van der Waals surface area contributed by atoms with Gasteiger partial charge in [-0.1, -0.05) is 37.0 Å². The van der Waals surface area contributed by atoms with E-state index in [1.807, 2.05) is 6.07 Å². The molecule has 0 aliphatic heterocycles. The number of nitrogens with one attached hydrogen (secondary N) is 1. The summed E-state index contributed by atoms with van der Waals surface area (Å²) in [6, 6.07) is 1.93. The van der Waals surface area contributed by atoms with E-state index < -0.39 is 0 Å². The lowest BCUT2D eigenvalue weighted by Gasteiger charge is -2.15. The zero-order valence-corrected chi connectivity index (χ0v) is 11.4. The molecular formula is C13H14Cl2N2. The van der Waals surface area contributed by atoms with Gasteiger partial charge in [0.2, 0.25) is 0 Å². The smallest absolute Gasteiger partial charge is 0.132 e. The fourth-order valence-electron chi connectivity index (χ4n) is 2.54. The molecule has 0 amide bonds. The molecule has 1 aromatic carbocycles. The van der Waals surface area contributed by atoms with Gasteiger partial charge in [0.1, 0.15) is 5.15 Å². The topological polar surface area (TPSA) is 28.7 Å². The molecule has 90 valence electrons. The largest absolute Gasteiger partial charge is 0.266 e. The predicted molar refractivity (Wildman–Crippen MR) is 72.2 cm³/mol. The monoisotopic (exact) mass is 268 g/mol. The van der Waals surface area contributed by atoms with Gasteiger partial charge in [-0.2, -0.15) is 5.10 Å². The van der Waals surface area contributed by atoms with E-state index in [0.717, 1.165) is 15.9 Å². The number of halogens is 2. The van der Waals surface area contributed by atoms with Crippen LogP contribution in [-0.4, -0.2) is 10.2 Å². The van der Waals surface area contributed by atoms with Gasteiger partial charge in [-0.05, 0) is 41.9 Å². The number of H-pyrrole nitrogens is 1. The number of hydrogen-bond donors (Lipinski definition) is 1. The fraction of sp³-hybridized carbons (Fsp3) is 0.462. The molecule has 4 heteroatoms. The Hall–Kier alpha value is -0.730. The van der Waals surface area contributed by atoms with Gasteiger partial charge in [-0.3, -0.25) is 5.10 Å². The van der Waals surface area contributed by atoms with E-state index in [1.165, 1.54) is 24.0 Å². The molecule has 0 bridgehead atoms. The maximum atomic E-state index is 6.40. The van der Waals surface area contributed by atoms with Crippen molar-refractivity contribution in [2.45, 2.75) is 38.5 Å². The molecule has 0 radical (unpaired) electrons. The summed E-state index contributed by atoms with van der Waals surface area (Å²) in [6.07, 6.45) is 2.47. The van der Waals surface area contributed by atoms with Crippen LogP contribution in [0.25, 0.3) is 10.9 Å². The lowest BCUT2D eigenvalue weighted by atomic mass is 9.91. The number of aromatic amines is 1. The first-order valence-electron chi connectivity index (χ1n) is 5.95. The minimum absolute atomic E-state index is 0.405. The maximum Gasteiger partial charge on any atom is 0.132 e. The van der Waals surface area contributed by atoms with Crippen LogP contribution in [0, 0.1) is 0 Å². The minimum atomic E-state index is 0.405. The first-order chi connectivity index (χ1) is 8.09. The summed E-state index contributed by atoms with van der Waals surface area (Å²) < 4.78 is 0. The Bertz CT molecular complexity index is 583. The molecule has 3 rings (SSSR count). The maximum absolute atomic E-state index is 6.40. The van der Waals surface area contributed by atoms with Gasteiger partial charge in [0.15, 0.2) is 0 Å². The normalized spacial score (nSPS) is 16.1. The average Bonchev–Trinajstić information content (AvgIpc) is 3.03. The standard InChI is InChI=1S/C13H14Cl2N2/c1-6(2)10-11(7-3-4-7)8(14)5-9-12(10)13(15)17-16-9/h5-7H,3-4H2,1-2H3,(H,16,17). The van der Waals surface area contributed by atoms with Crippen LogP contribution in [0.5, 0.6) is 0 Å². The second kappa shape index (κ2) is 3.89. The van der Waals surface area contributed by atoms with Gasteiger partial charge in [0, 0.05) is 10.4 Å². The SMILES string of the molecule is CC(C)c1c(C2CC2)c(Cl)cc2n[nH]c(Cl)c12. The number of nitrogens with zero attached hydrogens (tertiary/aromatic N) is 1. The summed E-state index contributed by atoms with van der Waals surface area (Å²) >= 11 is 12.6. The van der Waals surface area contributed by atoms with E-state index in [2.05, 4.69) is 24.0 Å². The molecule has 0 spiro atoms. The molecule has 1 aromatic heterocycles. The number of benzene rings is 1. The third kappa shape index (κ3) is 1.74. The number of fused-ring (bicyclic) bond motifs is 1. The lowest BCUT2D eigenvalue weighted by molar-refractivity contribution is 0.852. The Kier molecular flexibility index (Phi) is 2.60. The molecule has 2 aromatic rings. The summed E-state index contributed by atoms with van der Waals surface area (Å²) in [4.78, 5) is 0. The summed E-state index contributed by atoms with van der Waals surface area (Å²) in [6.45, 7) is 4.36. The van der Waals surface area contributed by atoms with Gasteiger partial charge in [0.25, 0.3) is 0 Å². The Balaban J connectivity index is 2.40. The van der Waals surface area contributed by atoms with Crippen molar-refractivity contribution < 1.29 is 0 Å². The lowest BCUT2D eigenvalue weighted by Crippen LogP contribution is -1.97. The first-order valence-corrected chi connectivity index (χ1v) is 6.71. The number of hydrogen-bond acceptors (Lipinski definition) is 1. The second-order valence-electron chi connectivity index (χ2n) is 5.05. The van der Waals surface area contributed by atoms with E-state index in [1.54, 1.807) is 0 Å². The highest BCUT2D eigenvalue weighted by Gasteiger charge is 2.31. The first kappa shape index (κ1) is 11.4. The number of aromatic nitrogens is 2. The van der Waals surface area contributed by atoms with E-state index in [4.69, 9.17) is 23.2 Å². The second-order valence-corrected chi connectivity index (χ2v) is 5.83. The molecule has 1 aliphatic carbocycles. The summed E-state index contributed by atoms with van der Waals surface area (Å²) in [5.41, 5.74) is 3.43. The quantitative estimate of drug-likeness (QED) is 0.827. The highest BCUT2D eigenvalue weighted by atomic mass is 35.5. The van der Waals surface area contributed by atoms with Crippen molar-refractivity contribution in [3.8, 4) is 0 Å². The predicted octanol–water partition coefficient (Wildman–Crippen LogP) is 4.87. The summed E-state index contributed by atoms with van der Waals surface area (Å²) in [5, 5.41) is 9.56. The van der Waals surface area contributed by atoms with Crippen LogP contribution in [0.4, 0.5) is 0 Å². The van der Waals surface area contributed by atoms with Crippen molar-refractivity contribution in [1.82, 2.24) is 10.2 Å². The Labute approximate surface area is 110 Å². The van der Waals surface area contributed by atoms with Gasteiger partial charge in [-0.25, -0.2) is 0 Å². The van der Waals surface area contributed by atoms with E-state index in [0.29, 0.717) is 17.0 Å². The van der Waals surface area contributed by atoms with Crippen molar-refractivity contribution in [1.29, 1.82) is 0 Å². The summed E-state index contributed by atoms with van der Waals surface area (Å²) in [5.74, 6) is 1.03. The molecule has 0 atom stereocenters. The Morgan fingerprint density at radius 1 is 1.35 bits per heavy atom. The molecule has 0 unspecified atom stereocenters. The van der Waals surface area contributed by atoms with Crippen LogP contribution in [0.3, 0.4) is 0 Å². The zero-order valence-electron chi connectivity index (χ0n) is 9.85. The van der Waals surface area contributed by atoms with E-state index in [9.17, 15) is 0 Å². The molecule has 1 fully saturated rings. The van der Waals surface area contributed by atoms with Crippen LogP contribution < -0.4 is 0 Å². The molecule has 2 nitrogen and oxygen atoms in total. The minimum Gasteiger partial charge on any atom is -0.266 e. The molecule has 17 heavy (non-hydrogen) atoms. The Morgan fingerprint density at radius 3 is 2.65 bits per heavy atom. The van der Waals surface area contributed by atoms with Gasteiger partial charge >= 0.3 is 0 Å². The van der Waals surface area contributed by atoms with Crippen LogP contribution in [0.2, 0.25) is 10.2 Å². The summed E-state index contributed by atoms with van der Waals surface area (Å²) in [7, 11) is 0. The van der Waals surface area contributed by atoms with E-state index in [-0.39, 0.29) is 0 Å². The van der Waals surface area contributed by atoms with Gasteiger partial charge in [0.05, 0.1) is 5.52 Å². The van der Waals surface area contributed by atoms with Crippen LogP contribution in [-0.2, 0) is 0 Å². The molecule has 1 aliphatic rings. The van der Waals surface area contributed by atoms with Gasteiger partial charge in [-0.15, -0.1) is 0 Å². The fourth-order valence-corrected chi connectivity index (χ4v) is 3.14. The molecule has 1 saturated carbocycles.